The minimum atomic E-state index is -0.254. The Morgan fingerprint density at radius 1 is 1.33 bits per heavy atom. The van der Waals surface area contributed by atoms with E-state index in [9.17, 15) is 0 Å². The van der Waals surface area contributed by atoms with Crippen LogP contribution >= 0.6 is 23.2 Å². The third-order valence-electron chi connectivity index (χ3n) is 2.83. The number of benzene rings is 1. The molecule has 3 nitrogen and oxygen atoms in total. The molecule has 0 radical (unpaired) electrons. The lowest BCUT2D eigenvalue weighted by molar-refractivity contribution is 0.0970. The van der Waals surface area contributed by atoms with Crippen molar-refractivity contribution in [3.8, 4) is 0 Å². The molecule has 1 aromatic carbocycles. The molecule has 0 aliphatic carbocycles. The largest absolute Gasteiger partial charge is 0.396 e. The van der Waals surface area contributed by atoms with Crippen molar-refractivity contribution in [1.82, 2.24) is 5.32 Å². The highest BCUT2D eigenvalue weighted by molar-refractivity contribution is 6.42. The Morgan fingerprint density at radius 2 is 2.06 bits per heavy atom. The maximum atomic E-state index is 9.07. The first-order valence-electron chi connectivity index (χ1n) is 5.79. The molecule has 5 heteroatoms. The molecule has 2 N–H and O–H groups in total. The lowest BCUT2D eigenvalue weighted by atomic mass is 9.99. The summed E-state index contributed by atoms with van der Waals surface area (Å²) in [6.45, 7) is 3.32. The molecule has 0 heterocycles. The summed E-state index contributed by atoms with van der Waals surface area (Å²) in [6, 6.07) is 5.54. The van der Waals surface area contributed by atoms with E-state index in [0.29, 0.717) is 29.6 Å². The summed E-state index contributed by atoms with van der Waals surface area (Å²) >= 11 is 11.8. The summed E-state index contributed by atoms with van der Waals surface area (Å²) in [7, 11) is 1.65. The van der Waals surface area contributed by atoms with E-state index in [0.717, 1.165) is 5.56 Å². The fraction of sp³-hybridized carbons (Fsp3) is 0.538. The first-order valence-corrected chi connectivity index (χ1v) is 6.55. The maximum Gasteiger partial charge on any atom is 0.0642 e. The van der Waals surface area contributed by atoms with Crippen LogP contribution in [0.5, 0.6) is 0 Å². The molecule has 0 aliphatic heterocycles. The zero-order chi connectivity index (χ0) is 13.6. The minimum Gasteiger partial charge on any atom is -0.396 e. The molecule has 1 aromatic rings. The van der Waals surface area contributed by atoms with Gasteiger partial charge in [-0.05, 0) is 31.0 Å². The first kappa shape index (κ1) is 15.7. The van der Waals surface area contributed by atoms with E-state index < -0.39 is 0 Å². The van der Waals surface area contributed by atoms with Crippen molar-refractivity contribution < 1.29 is 9.84 Å². The maximum absolute atomic E-state index is 9.07. The molecule has 0 bridgehead atoms. The van der Waals surface area contributed by atoms with Crippen molar-refractivity contribution in [3.05, 3.63) is 33.8 Å². The van der Waals surface area contributed by atoms with Gasteiger partial charge in [-0.3, -0.25) is 0 Å². The van der Waals surface area contributed by atoms with E-state index >= 15 is 0 Å². The monoisotopic (exact) mass is 291 g/mol. The van der Waals surface area contributed by atoms with Crippen molar-refractivity contribution in [2.24, 2.45) is 0 Å². The van der Waals surface area contributed by atoms with E-state index in [1.54, 1.807) is 13.2 Å². The van der Waals surface area contributed by atoms with E-state index in [2.05, 4.69) is 5.32 Å². The van der Waals surface area contributed by atoms with Crippen LogP contribution in [0.25, 0.3) is 0 Å². The number of methoxy groups -OCH3 is 1. The van der Waals surface area contributed by atoms with Crippen LogP contribution in [0.1, 0.15) is 18.9 Å². The second-order valence-electron chi connectivity index (χ2n) is 4.57. The van der Waals surface area contributed by atoms with Gasteiger partial charge in [0.05, 0.1) is 16.7 Å². The molecule has 1 rings (SSSR count). The van der Waals surface area contributed by atoms with Crippen LogP contribution in [-0.2, 0) is 11.3 Å². The first-order chi connectivity index (χ1) is 8.50. The van der Waals surface area contributed by atoms with Crippen LogP contribution in [0.3, 0.4) is 0 Å². The van der Waals surface area contributed by atoms with E-state index in [4.69, 9.17) is 33.0 Å². The van der Waals surface area contributed by atoms with Crippen LogP contribution < -0.4 is 5.32 Å². The van der Waals surface area contributed by atoms with E-state index in [1.165, 1.54) is 0 Å². The number of ether oxygens (including phenoxy) is 1. The number of aliphatic hydroxyl groups is 1. The summed E-state index contributed by atoms with van der Waals surface area (Å²) in [5, 5.41) is 13.5. The van der Waals surface area contributed by atoms with E-state index in [1.807, 2.05) is 19.1 Å². The molecule has 0 saturated carbocycles. The number of hydrogen-bond donors (Lipinski definition) is 2. The van der Waals surface area contributed by atoms with Gasteiger partial charge in [0, 0.05) is 25.8 Å². The zero-order valence-corrected chi connectivity index (χ0v) is 12.2. The standard InChI is InChI=1S/C13H19Cl2NO2/c1-13(5-6-17,9-18-2)16-8-10-3-4-11(14)12(15)7-10/h3-4,7,16-17H,5-6,8-9H2,1-2H3. The smallest absolute Gasteiger partial charge is 0.0642 e. The fourth-order valence-electron chi connectivity index (χ4n) is 1.74. The predicted molar refractivity (Wildman–Crippen MR) is 75.3 cm³/mol. The van der Waals surface area contributed by atoms with Gasteiger partial charge in [-0.15, -0.1) is 0 Å². The highest BCUT2D eigenvalue weighted by Crippen LogP contribution is 2.23. The van der Waals surface area contributed by atoms with Crippen molar-refractivity contribution in [2.45, 2.75) is 25.4 Å². The molecule has 0 aromatic heterocycles. The lowest BCUT2D eigenvalue weighted by Crippen LogP contribution is -2.46. The van der Waals surface area contributed by atoms with Gasteiger partial charge in [0.1, 0.15) is 0 Å². The van der Waals surface area contributed by atoms with Crippen LogP contribution in [0, 0.1) is 0 Å². The molecule has 102 valence electrons. The highest BCUT2D eigenvalue weighted by Gasteiger charge is 2.22. The van der Waals surface area contributed by atoms with Gasteiger partial charge in [-0.25, -0.2) is 0 Å². The number of nitrogens with one attached hydrogen (secondary N) is 1. The summed E-state index contributed by atoms with van der Waals surface area (Å²) in [6.07, 6.45) is 0.627. The van der Waals surface area contributed by atoms with Gasteiger partial charge in [-0.2, -0.15) is 0 Å². The second-order valence-corrected chi connectivity index (χ2v) is 5.38. The molecular formula is C13H19Cl2NO2. The second kappa shape index (κ2) is 7.31. The minimum absolute atomic E-state index is 0.119. The highest BCUT2D eigenvalue weighted by atomic mass is 35.5. The number of halogens is 2. The third kappa shape index (κ3) is 4.75. The van der Waals surface area contributed by atoms with Gasteiger partial charge in [0.15, 0.2) is 0 Å². The van der Waals surface area contributed by atoms with Crippen molar-refractivity contribution >= 4 is 23.2 Å². The van der Waals surface area contributed by atoms with Gasteiger partial charge >= 0.3 is 0 Å². The quantitative estimate of drug-likeness (QED) is 0.812. The molecule has 0 amide bonds. The lowest BCUT2D eigenvalue weighted by Gasteiger charge is -2.29. The Hall–Kier alpha value is -0.320. The Morgan fingerprint density at radius 3 is 2.61 bits per heavy atom. The normalized spacial score (nSPS) is 14.5. The van der Waals surface area contributed by atoms with Crippen LogP contribution in [0.4, 0.5) is 0 Å². The van der Waals surface area contributed by atoms with Crippen LogP contribution in [0.15, 0.2) is 18.2 Å². The van der Waals surface area contributed by atoms with Crippen LogP contribution in [0.2, 0.25) is 10.0 Å². The summed E-state index contributed by atoms with van der Waals surface area (Å²) in [5.74, 6) is 0. The van der Waals surface area contributed by atoms with Gasteiger partial charge < -0.3 is 15.2 Å². The molecular weight excluding hydrogens is 273 g/mol. The van der Waals surface area contributed by atoms with Crippen molar-refractivity contribution in [3.63, 3.8) is 0 Å². The fourth-order valence-corrected chi connectivity index (χ4v) is 2.06. The Labute approximate surface area is 118 Å². The molecule has 0 aliphatic rings. The molecule has 1 atom stereocenters. The third-order valence-corrected chi connectivity index (χ3v) is 3.57. The summed E-state index contributed by atoms with van der Waals surface area (Å²) < 4.78 is 5.17. The molecule has 1 unspecified atom stereocenters. The van der Waals surface area contributed by atoms with Gasteiger partial charge in [-0.1, -0.05) is 29.3 Å². The summed E-state index contributed by atoms with van der Waals surface area (Å²) in [5.41, 5.74) is 0.792. The SMILES string of the molecule is COCC(C)(CCO)NCc1ccc(Cl)c(Cl)c1. The van der Waals surface area contributed by atoms with Crippen LogP contribution in [-0.4, -0.2) is 31.0 Å². The van der Waals surface area contributed by atoms with E-state index in [-0.39, 0.29) is 12.1 Å². The average Bonchev–Trinajstić information content (AvgIpc) is 2.32. The molecule has 0 fully saturated rings. The van der Waals surface area contributed by atoms with Gasteiger partial charge in [0.2, 0.25) is 0 Å². The Bertz CT molecular complexity index is 379. The Kier molecular flexibility index (Phi) is 6.39. The van der Waals surface area contributed by atoms with Crippen molar-refractivity contribution in [1.29, 1.82) is 0 Å². The Balaban J connectivity index is 2.63. The topological polar surface area (TPSA) is 41.5 Å². The zero-order valence-electron chi connectivity index (χ0n) is 10.7. The molecule has 0 saturated heterocycles. The van der Waals surface area contributed by atoms with Crippen molar-refractivity contribution in [2.75, 3.05) is 20.3 Å². The van der Waals surface area contributed by atoms with Gasteiger partial charge in [0.25, 0.3) is 0 Å². The number of aliphatic hydroxyl groups excluding tert-OH is 1. The number of rotatable bonds is 7. The predicted octanol–water partition coefficient (Wildman–Crippen LogP) is 2.87. The number of hydrogen-bond acceptors (Lipinski definition) is 3. The average molecular weight is 292 g/mol. The molecule has 0 spiro atoms. The summed E-state index contributed by atoms with van der Waals surface area (Å²) in [4.78, 5) is 0. The molecule has 18 heavy (non-hydrogen) atoms.